The standard InChI is InChI=1S/C14H21F3N2/c15-14(16,17)8-3-4-9-19-10-7-12-5-1-2-6-13(12)11-18/h1-2,5-6,19H,3-4,7-11,18H2. The van der Waals surface area contributed by atoms with E-state index in [0.717, 1.165) is 18.5 Å². The van der Waals surface area contributed by atoms with Crippen molar-refractivity contribution >= 4 is 0 Å². The number of unbranched alkanes of at least 4 members (excludes halogenated alkanes) is 1. The monoisotopic (exact) mass is 274 g/mol. The molecule has 0 unspecified atom stereocenters. The SMILES string of the molecule is NCc1ccccc1CCNCCCCC(F)(F)F. The van der Waals surface area contributed by atoms with Gasteiger partial charge in [0.2, 0.25) is 0 Å². The summed E-state index contributed by atoms with van der Waals surface area (Å²) in [5.74, 6) is 0. The number of hydrogen-bond acceptors (Lipinski definition) is 2. The van der Waals surface area contributed by atoms with Gasteiger partial charge in [-0.25, -0.2) is 0 Å². The highest BCUT2D eigenvalue weighted by atomic mass is 19.4. The highest BCUT2D eigenvalue weighted by Crippen LogP contribution is 2.21. The molecule has 1 aromatic rings. The highest BCUT2D eigenvalue weighted by Gasteiger charge is 2.25. The minimum absolute atomic E-state index is 0.190. The van der Waals surface area contributed by atoms with Crippen LogP contribution in [0.3, 0.4) is 0 Å². The predicted molar refractivity (Wildman–Crippen MR) is 70.8 cm³/mol. The maximum atomic E-state index is 11.9. The molecule has 0 spiro atoms. The summed E-state index contributed by atoms with van der Waals surface area (Å²) in [7, 11) is 0. The highest BCUT2D eigenvalue weighted by molar-refractivity contribution is 5.27. The number of nitrogens with two attached hydrogens (primary N) is 1. The fourth-order valence-electron chi connectivity index (χ4n) is 1.92. The van der Waals surface area contributed by atoms with Crippen molar-refractivity contribution in [1.29, 1.82) is 0 Å². The number of alkyl halides is 3. The molecule has 0 saturated carbocycles. The van der Waals surface area contributed by atoms with E-state index in [1.807, 2.05) is 24.3 Å². The van der Waals surface area contributed by atoms with E-state index in [-0.39, 0.29) is 6.42 Å². The van der Waals surface area contributed by atoms with Crippen LogP contribution in [0.4, 0.5) is 13.2 Å². The van der Waals surface area contributed by atoms with Crippen molar-refractivity contribution in [3.63, 3.8) is 0 Å². The molecule has 0 aliphatic rings. The van der Waals surface area contributed by atoms with Gasteiger partial charge in [0.15, 0.2) is 0 Å². The van der Waals surface area contributed by atoms with Crippen LogP contribution in [0.15, 0.2) is 24.3 Å². The Balaban J connectivity index is 2.11. The van der Waals surface area contributed by atoms with Gasteiger partial charge < -0.3 is 11.1 Å². The fraction of sp³-hybridized carbons (Fsp3) is 0.571. The third-order valence-electron chi connectivity index (χ3n) is 2.97. The van der Waals surface area contributed by atoms with Crippen LogP contribution in [0.1, 0.15) is 30.4 Å². The third-order valence-corrected chi connectivity index (χ3v) is 2.97. The van der Waals surface area contributed by atoms with E-state index in [0.29, 0.717) is 19.5 Å². The van der Waals surface area contributed by atoms with Gasteiger partial charge in [-0.3, -0.25) is 0 Å². The Labute approximate surface area is 112 Å². The molecule has 0 aliphatic carbocycles. The molecule has 0 amide bonds. The fourth-order valence-corrected chi connectivity index (χ4v) is 1.92. The molecule has 0 saturated heterocycles. The van der Waals surface area contributed by atoms with Crippen molar-refractivity contribution in [3.05, 3.63) is 35.4 Å². The molecular formula is C14H21F3N2. The van der Waals surface area contributed by atoms with Crippen molar-refractivity contribution in [2.24, 2.45) is 5.73 Å². The molecule has 0 fully saturated rings. The Bertz CT molecular complexity index is 364. The van der Waals surface area contributed by atoms with Crippen molar-refractivity contribution in [2.75, 3.05) is 13.1 Å². The van der Waals surface area contributed by atoms with Crippen LogP contribution >= 0.6 is 0 Å². The normalized spacial score (nSPS) is 11.8. The smallest absolute Gasteiger partial charge is 0.326 e. The quantitative estimate of drug-likeness (QED) is 0.715. The van der Waals surface area contributed by atoms with Crippen molar-refractivity contribution < 1.29 is 13.2 Å². The molecule has 5 heteroatoms. The van der Waals surface area contributed by atoms with Crippen LogP contribution < -0.4 is 11.1 Å². The topological polar surface area (TPSA) is 38.0 Å². The van der Waals surface area contributed by atoms with Gasteiger partial charge in [0.25, 0.3) is 0 Å². The van der Waals surface area contributed by atoms with Crippen LogP contribution in [0.25, 0.3) is 0 Å². The number of nitrogens with one attached hydrogen (secondary N) is 1. The first kappa shape index (κ1) is 16.0. The molecular weight excluding hydrogens is 253 g/mol. The van der Waals surface area contributed by atoms with Crippen LogP contribution in [0.5, 0.6) is 0 Å². The van der Waals surface area contributed by atoms with E-state index >= 15 is 0 Å². The molecule has 108 valence electrons. The summed E-state index contributed by atoms with van der Waals surface area (Å²) in [5.41, 5.74) is 7.96. The molecule has 0 bridgehead atoms. The maximum Gasteiger partial charge on any atom is 0.389 e. The first-order valence-corrected chi connectivity index (χ1v) is 6.57. The second-order valence-electron chi connectivity index (χ2n) is 4.55. The Morgan fingerprint density at radius 3 is 2.32 bits per heavy atom. The first-order chi connectivity index (χ1) is 9.03. The Morgan fingerprint density at radius 2 is 1.68 bits per heavy atom. The van der Waals surface area contributed by atoms with Crippen LogP contribution in [0.2, 0.25) is 0 Å². The molecule has 1 rings (SSSR count). The van der Waals surface area contributed by atoms with Crippen LogP contribution in [-0.4, -0.2) is 19.3 Å². The first-order valence-electron chi connectivity index (χ1n) is 6.57. The number of hydrogen-bond donors (Lipinski definition) is 2. The lowest BCUT2D eigenvalue weighted by Crippen LogP contribution is -2.20. The zero-order chi connectivity index (χ0) is 14.1. The molecule has 3 N–H and O–H groups in total. The molecule has 0 aromatic heterocycles. The Morgan fingerprint density at radius 1 is 1.00 bits per heavy atom. The van der Waals surface area contributed by atoms with Gasteiger partial charge in [-0.1, -0.05) is 24.3 Å². The molecule has 19 heavy (non-hydrogen) atoms. The van der Waals surface area contributed by atoms with E-state index in [4.69, 9.17) is 5.73 Å². The van der Waals surface area contributed by atoms with Gasteiger partial charge in [0.1, 0.15) is 0 Å². The van der Waals surface area contributed by atoms with Crippen molar-refractivity contribution in [1.82, 2.24) is 5.32 Å². The second kappa shape index (κ2) is 8.17. The van der Waals surface area contributed by atoms with Gasteiger partial charge in [0, 0.05) is 13.0 Å². The lowest BCUT2D eigenvalue weighted by Gasteiger charge is -2.09. The van der Waals surface area contributed by atoms with Crippen molar-refractivity contribution in [2.45, 2.75) is 38.4 Å². The average molecular weight is 274 g/mol. The second-order valence-corrected chi connectivity index (χ2v) is 4.55. The average Bonchev–Trinajstić information content (AvgIpc) is 2.37. The van der Waals surface area contributed by atoms with Gasteiger partial charge in [-0.2, -0.15) is 13.2 Å². The van der Waals surface area contributed by atoms with E-state index in [9.17, 15) is 13.2 Å². The zero-order valence-corrected chi connectivity index (χ0v) is 11.0. The minimum Gasteiger partial charge on any atom is -0.326 e. The Hall–Kier alpha value is -1.07. The number of benzene rings is 1. The summed E-state index contributed by atoms with van der Waals surface area (Å²) in [4.78, 5) is 0. The van der Waals surface area contributed by atoms with Gasteiger partial charge in [-0.15, -0.1) is 0 Å². The third kappa shape index (κ3) is 7.18. The summed E-state index contributed by atoms with van der Waals surface area (Å²) < 4.78 is 35.7. The van der Waals surface area contributed by atoms with E-state index in [2.05, 4.69) is 5.32 Å². The molecule has 0 aliphatic heterocycles. The molecule has 0 atom stereocenters. The van der Waals surface area contributed by atoms with E-state index in [1.54, 1.807) is 0 Å². The maximum absolute atomic E-state index is 11.9. The molecule has 0 radical (unpaired) electrons. The number of rotatable bonds is 8. The lowest BCUT2D eigenvalue weighted by molar-refractivity contribution is -0.135. The van der Waals surface area contributed by atoms with Gasteiger partial charge >= 0.3 is 6.18 Å². The van der Waals surface area contributed by atoms with Crippen LogP contribution in [0, 0.1) is 0 Å². The largest absolute Gasteiger partial charge is 0.389 e. The van der Waals surface area contributed by atoms with Gasteiger partial charge in [0.05, 0.1) is 0 Å². The summed E-state index contributed by atoms with van der Waals surface area (Å²) in [6, 6.07) is 7.96. The summed E-state index contributed by atoms with van der Waals surface area (Å²) in [6.07, 6.45) is -3.12. The summed E-state index contributed by atoms with van der Waals surface area (Å²) >= 11 is 0. The summed E-state index contributed by atoms with van der Waals surface area (Å²) in [5, 5.41) is 3.16. The lowest BCUT2D eigenvalue weighted by atomic mass is 10.0. The molecule has 2 nitrogen and oxygen atoms in total. The zero-order valence-electron chi connectivity index (χ0n) is 11.0. The van der Waals surface area contributed by atoms with Crippen LogP contribution in [-0.2, 0) is 13.0 Å². The van der Waals surface area contributed by atoms with Gasteiger partial charge in [-0.05, 0) is 43.5 Å². The molecule has 1 aromatic carbocycles. The number of halogens is 3. The molecule has 0 heterocycles. The predicted octanol–water partition coefficient (Wildman–Crippen LogP) is 3.01. The van der Waals surface area contributed by atoms with E-state index in [1.165, 1.54) is 5.56 Å². The minimum atomic E-state index is -4.03. The Kier molecular flexibility index (Phi) is 6.87. The van der Waals surface area contributed by atoms with E-state index < -0.39 is 12.6 Å². The van der Waals surface area contributed by atoms with Crippen molar-refractivity contribution in [3.8, 4) is 0 Å². The summed E-state index contributed by atoms with van der Waals surface area (Å²) in [6.45, 7) is 1.91.